The molecule has 0 saturated carbocycles. The summed E-state index contributed by atoms with van der Waals surface area (Å²) in [5.74, 6) is 0.185. The van der Waals surface area contributed by atoms with Crippen LogP contribution in [0.5, 0.6) is 11.5 Å². The third-order valence-corrected chi connectivity index (χ3v) is 10.3. The average Bonchev–Trinajstić information content (AvgIpc) is 3.70. The third-order valence-electron chi connectivity index (χ3n) is 8.50. The standard InChI is InChI=1S/C36H45N3O10S/c1-23(2)19-39(50(43,44)29-12-13-33(24(3)17-29)48-25(4)40)20-32(41)31(38-36(42)49-34-22-47-35-30(34)14-16-45-35)18-26-8-10-28(11-9-26)46-21-27-7-5-6-15-37-27/h5-13,15,17,23,30-32,34-35,41H,14,16,18-22H2,1-4H3,(H,38,42). The summed E-state index contributed by atoms with van der Waals surface area (Å²) in [4.78, 5) is 29.0. The van der Waals surface area contributed by atoms with Crippen molar-refractivity contribution in [1.29, 1.82) is 0 Å². The summed E-state index contributed by atoms with van der Waals surface area (Å²) in [6, 6.07) is 16.1. The van der Waals surface area contributed by atoms with Crippen LogP contribution in [-0.2, 0) is 42.1 Å². The molecule has 0 aliphatic carbocycles. The van der Waals surface area contributed by atoms with Gasteiger partial charge in [-0.05, 0) is 79.3 Å². The molecule has 5 unspecified atom stereocenters. The molecule has 2 saturated heterocycles. The fourth-order valence-corrected chi connectivity index (χ4v) is 7.69. The second-order valence-electron chi connectivity index (χ2n) is 13.0. The van der Waals surface area contributed by atoms with Crippen LogP contribution in [0.4, 0.5) is 4.79 Å². The van der Waals surface area contributed by atoms with Crippen LogP contribution in [0.2, 0.25) is 0 Å². The van der Waals surface area contributed by atoms with Crippen LogP contribution in [0.15, 0.2) is 71.8 Å². The number of amides is 1. The Morgan fingerprint density at radius 1 is 1.08 bits per heavy atom. The SMILES string of the molecule is CC(=O)Oc1ccc(S(=O)(=O)N(CC(C)C)CC(O)C(Cc2ccc(OCc3ccccn3)cc2)NC(=O)OC2COC3OCCC23)cc1C. The number of aliphatic hydroxyl groups excluding tert-OH is 1. The molecule has 0 bridgehead atoms. The van der Waals surface area contributed by atoms with Crippen LogP contribution in [0.25, 0.3) is 0 Å². The molecule has 3 aromatic rings. The number of rotatable bonds is 15. The Morgan fingerprint density at radius 3 is 2.54 bits per heavy atom. The molecule has 2 fully saturated rings. The number of fused-ring (bicyclic) bond motifs is 1. The molecule has 5 atom stereocenters. The van der Waals surface area contributed by atoms with Gasteiger partial charge in [-0.2, -0.15) is 4.31 Å². The lowest BCUT2D eigenvalue weighted by Crippen LogP contribution is -2.51. The van der Waals surface area contributed by atoms with Gasteiger partial charge in [-0.3, -0.25) is 9.78 Å². The predicted octanol–water partition coefficient (Wildman–Crippen LogP) is 4.00. The van der Waals surface area contributed by atoms with Gasteiger partial charge in [0, 0.05) is 26.2 Å². The van der Waals surface area contributed by atoms with Gasteiger partial charge in [0.2, 0.25) is 10.0 Å². The van der Waals surface area contributed by atoms with Crippen LogP contribution in [0, 0.1) is 18.8 Å². The van der Waals surface area contributed by atoms with E-state index in [1.54, 1.807) is 25.3 Å². The molecule has 14 heteroatoms. The Labute approximate surface area is 292 Å². The number of ether oxygens (including phenoxy) is 5. The normalized spacial score (nSPS) is 19.9. The van der Waals surface area contributed by atoms with Crippen LogP contribution >= 0.6 is 0 Å². The Morgan fingerprint density at radius 2 is 1.86 bits per heavy atom. The zero-order valence-corrected chi connectivity index (χ0v) is 29.5. The molecule has 2 aliphatic heterocycles. The number of nitrogens with one attached hydrogen (secondary N) is 1. The molecule has 2 aromatic carbocycles. The van der Waals surface area contributed by atoms with Crippen molar-refractivity contribution in [3.63, 3.8) is 0 Å². The molecular formula is C36H45N3O10S. The number of aromatic nitrogens is 1. The van der Waals surface area contributed by atoms with E-state index >= 15 is 0 Å². The highest BCUT2D eigenvalue weighted by Crippen LogP contribution is 2.33. The van der Waals surface area contributed by atoms with E-state index in [1.165, 1.54) is 29.4 Å². The number of pyridine rings is 1. The van der Waals surface area contributed by atoms with Crippen LogP contribution in [0.1, 0.15) is 44.0 Å². The van der Waals surface area contributed by atoms with E-state index in [9.17, 15) is 23.1 Å². The van der Waals surface area contributed by atoms with E-state index in [1.807, 2.05) is 44.2 Å². The summed E-state index contributed by atoms with van der Waals surface area (Å²) >= 11 is 0. The molecule has 270 valence electrons. The fourth-order valence-electron chi connectivity index (χ4n) is 5.98. The number of hydrogen-bond donors (Lipinski definition) is 2. The van der Waals surface area contributed by atoms with E-state index in [-0.39, 0.29) is 48.6 Å². The van der Waals surface area contributed by atoms with Crippen LogP contribution in [-0.4, -0.2) is 85.7 Å². The zero-order valence-electron chi connectivity index (χ0n) is 28.7. The largest absolute Gasteiger partial charge is 0.487 e. The van der Waals surface area contributed by atoms with Gasteiger partial charge in [-0.25, -0.2) is 13.2 Å². The second-order valence-corrected chi connectivity index (χ2v) is 14.9. The number of sulfonamides is 1. The van der Waals surface area contributed by atoms with Gasteiger partial charge in [-0.1, -0.05) is 32.0 Å². The maximum absolute atomic E-state index is 14.0. The van der Waals surface area contributed by atoms with Gasteiger partial charge < -0.3 is 34.1 Å². The highest BCUT2D eigenvalue weighted by molar-refractivity contribution is 7.89. The first-order valence-electron chi connectivity index (χ1n) is 16.7. The number of aliphatic hydroxyl groups is 1. The molecule has 2 N–H and O–H groups in total. The predicted molar refractivity (Wildman–Crippen MR) is 182 cm³/mol. The Bertz CT molecular complexity index is 1700. The number of carbonyl (C=O) groups is 2. The molecule has 0 spiro atoms. The summed E-state index contributed by atoms with van der Waals surface area (Å²) < 4.78 is 57.1. The molecule has 5 rings (SSSR count). The number of carbonyl (C=O) groups excluding carboxylic acids is 2. The molecule has 0 radical (unpaired) electrons. The summed E-state index contributed by atoms with van der Waals surface area (Å²) in [5, 5.41) is 14.5. The van der Waals surface area contributed by atoms with Crippen molar-refractivity contribution < 1.29 is 46.8 Å². The zero-order chi connectivity index (χ0) is 35.8. The molecule has 1 amide bonds. The highest BCUT2D eigenvalue weighted by atomic mass is 32.2. The van der Waals surface area contributed by atoms with Crippen LogP contribution in [0.3, 0.4) is 0 Å². The molecule has 3 heterocycles. The fraction of sp³-hybridized carbons (Fsp3) is 0.472. The van der Waals surface area contributed by atoms with Crippen molar-refractivity contribution in [2.45, 2.75) is 76.6 Å². The maximum Gasteiger partial charge on any atom is 0.407 e. The Kier molecular flexibility index (Phi) is 12.5. The van der Waals surface area contributed by atoms with E-state index in [0.29, 0.717) is 30.9 Å². The summed E-state index contributed by atoms with van der Waals surface area (Å²) in [6.45, 7) is 7.46. The Balaban J connectivity index is 1.33. The molecule has 1 aromatic heterocycles. The number of nitrogens with zero attached hydrogens (tertiary/aromatic N) is 2. The van der Waals surface area contributed by atoms with E-state index < -0.39 is 46.6 Å². The van der Waals surface area contributed by atoms with Gasteiger partial charge in [0.15, 0.2) is 6.29 Å². The van der Waals surface area contributed by atoms with Gasteiger partial charge in [0.25, 0.3) is 0 Å². The average molecular weight is 712 g/mol. The van der Waals surface area contributed by atoms with E-state index in [2.05, 4.69) is 10.3 Å². The van der Waals surface area contributed by atoms with E-state index in [0.717, 1.165) is 11.3 Å². The monoisotopic (exact) mass is 711 g/mol. The number of alkyl carbamates (subject to hydrolysis) is 1. The topological polar surface area (TPSA) is 163 Å². The van der Waals surface area contributed by atoms with Crippen molar-refractivity contribution in [1.82, 2.24) is 14.6 Å². The molecular weight excluding hydrogens is 666 g/mol. The lowest BCUT2D eigenvalue weighted by molar-refractivity contribution is -0.131. The minimum absolute atomic E-state index is 0.0152. The Hall–Kier alpha value is -4.08. The quantitative estimate of drug-likeness (QED) is 0.173. The number of esters is 1. The van der Waals surface area contributed by atoms with Crippen LogP contribution < -0.4 is 14.8 Å². The summed E-state index contributed by atoms with van der Waals surface area (Å²) in [5.41, 5.74) is 2.01. The number of benzene rings is 2. The first-order valence-corrected chi connectivity index (χ1v) is 18.1. The highest BCUT2D eigenvalue weighted by Gasteiger charge is 2.44. The first-order chi connectivity index (χ1) is 23.9. The smallest absolute Gasteiger partial charge is 0.407 e. The third kappa shape index (κ3) is 9.79. The van der Waals surface area contributed by atoms with Gasteiger partial charge >= 0.3 is 12.1 Å². The van der Waals surface area contributed by atoms with Crippen molar-refractivity contribution in [2.24, 2.45) is 11.8 Å². The van der Waals surface area contributed by atoms with Gasteiger partial charge in [0.1, 0.15) is 24.2 Å². The maximum atomic E-state index is 14.0. The van der Waals surface area contributed by atoms with Crippen molar-refractivity contribution >= 4 is 22.1 Å². The minimum atomic E-state index is -4.12. The van der Waals surface area contributed by atoms with Gasteiger partial charge in [-0.15, -0.1) is 0 Å². The first kappa shape index (κ1) is 37.2. The van der Waals surface area contributed by atoms with Crippen molar-refractivity contribution in [3.05, 3.63) is 83.7 Å². The molecule has 50 heavy (non-hydrogen) atoms. The van der Waals surface area contributed by atoms with Gasteiger partial charge in [0.05, 0.1) is 41.9 Å². The minimum Gasteiger partial charge on any atom is -0.487 e. The number of hydrogen-bond acceptors (Lipinski definition) is 11. The lowest BCUT2D eigenvalue weighted by Gasteiger charge is -2.31. The number of aryl methyl sites for hydroxylation is 1. The van der Waals surface area contributed by atoms with Crippen molar-refractivity contribution in [3.8, 4) is 11.5 Å². The van der Waals surface area contributed by atoms with Crippen molar-refractivity contribution in [2.75, 3.05) is 26.3 Å². The van der Waals surface area contributed by atoms with E-state index in [4.69, 9.17) is 23.7 Å². The molecule has 2 aliphatic rings. The summed E-state index contributed by atoms with van der Waals surface area (Å²) in [7, 11) is -4.12. The lowest BCUT2D eigenvalue weighted by atomic mass is 10.0. The molecule has 13 nitrogen and oxygen atoms in total. The second kappa shape index (κ2) is 16.8. The summed E-state index contributed by atoms with van der Waals surface area (Å²) in [6.07, 6.45) is -0.437.